The van der Waals surface area contributed by atoms with Gasteiger partial charge in [0.1, 0.15) is 4.21 Å². The standard InChI is InChI=1S/C12H19NO3S2/c1-10-4-7-12(17-10)18(15,16)13(11-5-6-11)8-2-3-9-14/h4,7,11,14H,2-3,5-6,8-9H2,1H3. The number of sulfonamides is 1. The van der Waals surface area contributed by atoms with Crippen molar-refractivity contribution in [3.63, 3.8) is 0 Å². The third kappa shape index (κ3) is 3.12. The van der Waals surface area contributed by atoms with Crippen molar-refractivity contribution in [2.75, 3.05) is 13.2 Å². The Hall–Kier alpha value is -0.430. The lowest BCUT2D eigenvalue weighted by Gasteiger charge is -2.20. The van der Waals surface area contributed by atoms with Gasteiger partial charge in [-0.1, -0.05) is 0 Å². The van der Waals surface area contributed by atoms with E-state index in [1.165, 1.54) is 11.3 Å². The van der Waals surface area contributed by atoms with Crippen LogP contribution in [0, 0.1) is 6.92 Å². The van der Waals surface area contributed by atoms with E-state index in [0.717, 1.165) is 24.1 Å². The second-order valence-electron chi connectivity index (χ2n) is 4.64. The maximum atomic E-state index is 12.5. The van der Waals surface area contributed by atoms with Gasteiger partial charge >= 0.3 is 0 Å². The molecule has 2 rings (SSSR count). The van der Waals surface area contributed by atoms with Crippen molar-refractivity contribution in [1.82, 2.24) is 4.31 Å². The Balaban J connectivity index is 2.14. The number of hydrogen-bond donors (Lipinski definition) is 1. The number of unbranched alkanes of at least 4 members (excludes halogenated alkanes) is 1. The summed E-state index contributed by atoms with van der Waals surface area (Å²) < 4.78 is 27.0. The molecule has 0 saturated heterocycles. The number of rotatable bonds is 7. The SMILES string of the molecule is Cc1ccc(S(=O)(=O)N(CCCCO)C2CC2)s1. The van der Waals surface area contributed by atoms with E-state index in [9.17, 15) is 8.42 Å². The minimum atomic E-state index is -3.33. The molecular weight excluding hydrogens is 270 g/mol. The summed E-state index contributed by atoms with van der Waals surface area (Å²) in [6.07, 6.45) is 3.30. The number of aliphatic hydroxyl groups is 1. The molecule has 4 nitrogen and oxygen atoms in total. The zero-order valence-corrected chi connectivity index (χ0v) is 12.1. The molecule has 18 heavy (non-hydrogen) atoms. The van der Waals surface area contributed by atoms with Crippen LogP contribution < -0.4 is 0 Å². The quantitative estimate of drug-likeness (QED) is 0.781. The van der Waals surface area contributed by atoms with Crippen molar-refractivity contribution in [2.24, 2.45) is 0 Å². The van der Waals surface area contributed by atoms with Crippen LogP contribution in [0.2, 0.25) is 0 Å². The van der Waals surface area contributed by atoms with Gasteiger partial charge < -0.3 is 5.11 Å². The highest BCUT2D eigenvalue weighted by molar-refractivity contribution is 7.91. The first kappa shape index (κ1) is 14.0. The predicted molar refractivity (Wildman–Crippen MR) is 72.3 cm³/mol. The Bertz CT molecular complexity index is 491. The summed E-state index contributed by atoms with van der Waals surface area (Å²) in [6.45, 7) is 2.55. The van der Waals surface area contributed by atoms with E-state index in [1.807, 2.05) is 13.0 Å². The third-order valence-electron chi connectivity index (χ3n) is 3.02. The predicted octanol–water partition coefficient (Wildman–Crippen LogP) is 1.98. The molecule has 0 unspecified atom stereocenters. The molecule has 6 heteroatoms. The molecule has 1 aromatic rings. The molecule has 1 saturated carbocycles. The Labute approximate surface area is 112 Å². The summed E-state index contributed by atoms with van der Waals surface area (Å²) in [7, 11) is -3.33. The van der Waals surface area contributed by atoms with Gasteiger partial charge in [0.25, 0.3) is 10.0 Å². The molecule has 0 amide bonds. The average Bonchev–Trinajstić information content (AvgIpc) is 3.05. The van der Waals surface area contributed by atoms with E-state index in [1.54, 1.807) is 10.4 Å². The Morgan fingerprint density at radius 1 is 1.39 bits per heavy atom. The molecule has 1 heterocycles. The van der Waals surface area contributed by atoms with Crippen molar-refractivity contribution in [3.05, 3.63) is 17.0 Å². The van der Waals surface area contributed by atoms with Gasteiger partial charge in [0.05, 0.1) is 0 Å². The molecule has 1 N–H and O–H groups in total. The molecule has 1 fully saturated rings. The molecule has 0 atom stereocenters. The Morgan fingerprint density at radius 2 is 2.11 bits per heavy atom. The largest absolute Gasteiger partial charge is 0.396 e. The number of hydrogen-bond acceptors (Lipinski definition) is 4. The van der Waals surface area contributed by atoms with Gasteiger partial charge in [0.15, 0.2) is 0 Å². The van der Waals surface area contributed by atoms with E-state index in [0.29, 0.717) is 17.2 Å². The molecule has 102 valence electrons. The first-order valence-electron chi connectivity index (χ1n) is 6.25. The number of aryl methyl sites for hydroxylation is 1. The lowest BCUT2D eigenvalue weighted by molar-refractivity contribution is 0.275. The van der Waals surface area contributed by atoms with E-state index < -0.39 is 10.0 Å². The fourth-order valence-electron chi connectivity index (χ4n) is 1.91. The Morgan fingerprint density at radius 3 is 2.61 bits per heavy atom. The fraction of sp³-hybridized carbons (Fsp3) is 0.667. The molecule has 1 aliphatic rings. The fourth-order valence-corrected chi connectivity index (χ4v) is 5.04. The van der Waals surface area contributed by atoms with Gasteiger partial charge in [-0.2, -0.15) is 4.31 Å². The third-order valence-corrected chi connectivity index (χ3v) is 6.44. The van der Waals surface area contributed by atoms with Crippen LogP contribution >= 0.6 is 11.3 Å². The lowest BCUT2D eigenvalue weighted by atomic mass is 10.3. The molecule has 0 aliphatic heterocycles. The first-order chi connectivity index (χ1) is 8.55. The summed E-state index contributed by atoms with van der Waals surface area (Å²) in [6, 6.07) is 3.71. The molecule has 1 aromatic heterocycles. The van der Waals surface area contributed by atoms with Gasteiger partial charge in [0.2, 0.25) is 0 Å². The zero-order chi connectivity index (χ0) is 13.2. The highest BCUT2D eigenvalue weighted by atomic mass is 32.2. The highest BCUT2D eigenvalue weighted by Crippen LogP contribution is 2.34. The second kappa shape index (κ2) is 5.69. The number of aliphatic hydroxyl groups excluding tert-OH is 1. The van der Waals surface area contributed by atoms with Gasteiger partial charge in [-0.15, -0.1) is 11.3 Å². The van der Waals surface area contributed by atoms with Crippen molar-refractivity contribution >= 4 is 21.4 Å². The Kier molecular flexibility index (Phi) is 4.42. The summed E-state index contributed by atoms with van der Waals surface area (Å²) in [5.74, 6) is 0. The van der Waals surface area contributed by atoms with Crippen molar-refractivity contribution in [3.8, 4) is 0 Å². The molecular formula is C12H19NO3S2. The summed E-state index contributed by atoms with van der Waals surface area (Å²) in [5, 5.41) is 8.79. The molecule has 1 aliphatic carbocycles. The van der Waals surface area contributed by atoms with Crippen LogP contribution in [0.15, 0.2) is 16.3 Å². The number of nitrogens with zero attached hydrogens (tertiary/aromatic N) is 1. The molecule has 0 spiro atoms. The smallest absolute Gasteiger partial charge is 0.252 e. The van der Waals surface area contributed by atoms with Gasteiger partial charge in [-0.25, -0.2) is 8.42 Å². The van der Waals surface area contributed by atoms with Crippen LogP contribution in [0.4, 0.5) is 0 Å². The topological polar surface area (TPSA) is 57.6 Å². The molecule has 0 bridgehead atoms. The van der Waals surface area contributed by atoms with Crippen LogP contribution in [-0.2, 0) is 10.0 Å². The maximum absolute atomic E-state index is 12.5. The zero-order valence-electron chi connectivity index (χ0n) is 10.5. The van der Waals surface area contributed by atoms with E-state index in [4.69, 9.17) is 5.11 Å². The second-order valence-corrected chi connectivity index (χ2v) is 8.05. The molecule has 0 radical (unpaired) electrons. The minimum Gasteiger partial charge on any atom is -0.396 e. The summed E-state index contributed by atoms with van der Waals surface area (Å²) in [4.78, 5) is 1.01. The lowest BCUT2D eigenvalue weighted by Crippen LogP contribution is -2.33. The van der Waals surface area contributed by atoms with Crippen LogP contribution in [0.25, 0.3) is 0 Å². The van der Waals surface area contributed by atoms with Crippen LogP contribution in [0.5, 0.6) is 0 Å². The summed E-state index contributed by atoms with van der Waals surface area (Å²) >= 11 is 1.33. The van der Waals surface area contributed by atoms with E-state index >= 15 is 0 Å². The van der Waals surface area contributed by atoms with Crippen LogP contribution in [0.3, 0.4) is 0 Å². The van der Waals surface area contributed by atoms with Crippen LogP contribution in [-0.4, -0.2) is 37.0 Å². The number of thiophene rings is 1. The minimum absolute atomic E-state index is 0.122. The van der Waals surface area contributed by atoms with Gasteiger partial charge in [-0.05, 0) is 44.7 Å². The van der Waals surface area contributed by atoms with E-state index in [-0.39, 0.29) is 12.6 Å². The maximum Gasteiger partial charge on any atom is 0.252 e. The first-order valence-corrected chi connectivity index (χ1v) is 8.50. The van der Waals surface area contributed by atoms with Gasteiger partial charge in [0, 0.05) is 24.1 Å². The van der Waals surface area contributed by atoms with E-state index in [2.05, 4.69) is 0 Å². The van der Waals surface area contributed by atoms with Crippen molar-refractivity contribution in [2.45, 2.75) is 42.9 Å². The van der Waals surface area contributed by atoms with Crippen LogP contribution in [0.1, 0.15) is 30.6 Å². The summed E-state index contributed by atoms with van der Waals surface area (Å²) in [5.41, 5.74) is 0. The average molecular weight is 289 g/mol. The highest BCUT2D eigenvalue weighted by Gasteiger charge is 2.38. The normalized spacial score (nSPS) is 16.4. The van der Waals surface area contributed by atoms with Crippen molar-refractivity contribution in [1.29, 1.82) is 0 Å². The molecule has 0 aromatic carbocycles. The van der Waals surface area contributed by atoms with Gasteiger partial charge in [-0.3, -0.25) is 0 Å². The van der Waals surface area contributed by atoms with Crippen molar-refractivity contribution < 1.29 is 13.5 Å². The monoisotopic (exact) mass is 289 g/mol.